The average molecular weight is 251 g/mol. The number of ether oxygens (including phenoxy) is 2. The van der Waals surface area contributed by atoms with Gasteiger partial charge in [-0.1, -0.05) is 13.8 Å². The third-order valence-electron chi connectivity index (χ3n) is 2.71. The Morgan fingerprint density at radius 1 is 1.33 bits per heavy atom. The number of amides is 1. The normalized spacial score (nSPS) is 10.5. The minimum atomic E-state index is -0.0865. The maximum absolute atomic E-state index is 11.9. The summed E-state index contributed by atoms with van der Waals surface area (Å²) in [5, 5.41) is 2.80. The van der Waals surface area contributed by atoms with E-state index in [0.29, 0.717) is 24.6 Å². The Bertz CT molecular complexity index is 402. The van der Waals surface area contributed by atoms with Crippen molar-refractivity contribution in [2.45, 2.75) is 19.8 Å². The number of rotatable bonds is 6. The van der Waals surface area contributed by atoms with E-state index >= 15 is 0 Å². The maximum Gasteiger partial charge on any atom is 0.251 e. The first-order valence-electron chi connectivity index (χ1n) is 6.05. The zero-order valence-electron chi connectivity index (χ0n) is 11.4. The van der Waals surface area contributed by atoms with Crippen LogP contribution in [-0.4, -0.2) is 33.3 Å². The van der Waals surface area contributed by atoms with Crippen molar-refractivity contribution in [3.8, 4) is 5.75 Å². The van der Waals surface area contributed by atoms with Crippen LogP contribution in [0.2, 0.25) is 0 Å². The molecule has 4 nitrogen and oxygen atoms in total. The average Bonchev–Trinajstić information content (AvgIpc) is 2.38. The second kappa shape index (κ2) is 7.01. The third-order valence-corrected chi connectivity index (χ3v) is 2.71. The first-order chi connectivity index (χ1) is 8.60. The lowest BCUT2D eigenvalue weighted by molar-refractivity contribution is 0.0937. The van der Waals surface area contributed by atoms with Crippen LogP contribution >= 0.6 is 0 Å². The van der Waals surface area contributed by atoms with Gasteiger partial charge in [0.2, 0.25) is 0 Å². The highest BCUT2D eigenvalue weighted by Gasteiger charge is 2.12. The second-order valence-electron chi connectivity index (χ2n) is 4.36. The molecule has 1 aromatic rings. The van der Waals surface area contributed by atoms with Crippen molar-refractivity contribution in [3.63, 3.8) is 0 Å². The van der Waals surface area contributed by atoms with Crippen LogP contribution < -0.4 is 10.1 Å². The van der Waals surface area contributed by atoms with Gasteiger partial charge < -0.3 is 14.8 Å². The quantitative estimate of drug-likeness (QED) is 0.788. The van der Waals surface area contributed by atoms with E-state index in [4.69, 9.17) is 9.47 Å². The highest BCUT2D eigenvalue weighted by Crippen LogP contribution is 2.27. The van der Waals surface area contributed by atoms with Crippen LogP contribution in [0.4, 0.5) is 0 Å². The monoisotopic (exact) mass is 251 g/mol. The van der Waals surface area contributed by atoms with Gasteiger partial charge in [0.1, 0.15) is 5.75 Å². The molecule has 4 heteroatoms. The molecule has 0 spiro atoms. The number of methoxy groups -OCH3 is 2. The van der Waals surface area contributed by atoms with Crippen LogP contribution in [-0.2, 0) is 4.74 Å². The molecule has 0 unspecified atom stereocenters. The number of carbonyl (C=O) groups is 1. The van der Waals surface area contributed by atoms with E-state index in [2.05, 4.69) is 19.2 Å². The third kappa shape index (κ3) is 3.74. The summed E-state index contributed by atoms with van der Waals surface area (Å²) in [5.74, 6) is 1.04. The zero-order valence-corrected chi connectivity index (χ0v) is 11.4. The molecule has 0 atom stereocenters. The summed E-state index contributed by atoms with van der Waals surface area (Å²) >= 11 is 0. The first-order valence-corrected chi connectivity index (χ1v) is 6.05. The lowest BCUT2D eigenvalue weighted by atomic mass is 9.99. The van der Waals surface area contributed by atoms with Gasteiger partial charge in [-0.2, -0.15) is 0 Å². The summed E-state index contributed by atoms with van der Waals surface area (Å²) in [6.07, 6.45) is 0. The standard InChI is InChI=1S/C14H21NO3/c1-10(2)12-9-11(5-6-13(12)18-4)14(16)15-7-8-17-3/h5-6,9-10H,7-8H2,1-4H3,(H,15,16). The van der Waals surface area contributed by atoms with E-state index in [1.165, 1.54) is 0 Å². The molecule has 18 heavy (non-hydrogen) atoms. The number of carbonyl (C=O) groups excluding carboxylic acids is 1. The van der Waals surface area contributed by atoms with E-state index in [1.807, 2.05) is 12.1 Å². The molecule has 0 aliphatic carbocycles. The molecule has 1 rings (SSSR count). The van der Waals surface area contributed by atoms with Gasteiger partial charge in [-0.15, -0.1) is 0 Å². The summed E-state index contributed by atoms with van der Waals surface area (Å²) in [6.45, 7) is 5.17. The van der Waals surface area contributed by atoms with Crippen LogP contribution in [0.25, 0.3) is 0 Å². The second-order valence-corrected chi connectivity index (χ2v) is 4.36. The Morgan fingerprint density at radius 3 is 2.61 bits per heavy atom. The molecule has 100 valence electrons. The smallest absolute Gasteiger partial charge is 0.251 e. The largest absolute Gasteiger partial charge is 0.496 e. The van der Waals surface area contributed by atoms with Gasteiger partial charge in [-0.3, -0.25) is 4.79 Å². The molecule has 0 radical (unpaired) electrons. The first kappa shape index (κ1) is 14.5. The summed E-state index contributed by atoms with van der Waals surface area (Å²) in [4.78, 5) is 11.9. The predicted molar refractivity (Wildman–Crippen MR) is 71.3 cm³/mol. The summed E-state index contributed by atoms with van der Waals surface area (Å²) in [5.41, 5.74) is 1.69. The van der Waals surface area contributed by atoms with Crippen molar-refractivity contribution in [2.24, 2.45) is 0 Å². The fourth-order valence-electron chi connectivity index (χ4n) is 1.70. The van der Waals surface area contributed by atoms with Gasteiger partial charge >= 0.3 is 0 Å². The Hall–Kier alpha value is -1.55. The summed E-state index contributed by atoms with van der Waals surface area (Å²) < 4.78 is 10.2. The van der Waals surface area contributed by atoms with Crippen LogP contribution in [0.1, 0.15) is 35.7 Å². The minimum absolute atomic E-state index is 0.0865. The van der Waals surface area contributed by atoms with E-state index < -0.39 is 0 Å². The molecule has 0 saturated heterocycles. The van der Waals surface area contributed by atoms with Crippen LogP contribution in [0, 0.1) is 0 Å². The lowest BCUT2D eigenvalue weighted by Gasteiger charge is -2.13. The molecule has 0 aliphatic heterocycles. The Morgan fingerprint density at radius 2 is 2.06 bits per heavy atom. The zero-order chi connectivity index (χ0) is 13.5. The van der Waals surface area contributed by atoms with Crippen molar-refractivity contribution >= 4 is 5.91 Å². The highest BCUT2D eigenvalue weighted by molar-refractivity contribution is 5.94. The van der Waals surface area contributed by atoms with Gasteiger partial charge in [-0.25, -0.2) is 0 Å². The molecule has 0 aliphatic rings. The van der Waals surface area contributed by atoms with Crippen molar-refractivity contribution in [1.82, 2.24) is 5.32 Å². The molecule has 0 bridgehead atoms. The maximum atomic E-state index is 11.9. The predicted octanol–water partition coefficient (Wildman–Crippen LogP) is 2.19. The topological polar surface area (TPSA) is 47.6 Å². The van der Waals surface area contributed by atoms with Crippen molar-refractivity contribution in [2.75, 3.05) is 27.4 Å². The van der Waals surface area contributed by atoms with E-state index in [9.17, 15) is 4.79 Å². The highest BCUT2D eigenvalue weighted by atomic mass is 16.5. The van der Waals surface area contributed by atoms with Crippen molar-refractivity contribution < 1.29 is 14.3 Å². The Balaban J connectivity index is 2.84. The van der Waals surface area contributed by atoms with Crippen molar-refractivity contribution in [1.29, 1.82) is 0 Å². The van der Waals surface area contributed by atoms with E-state index in [1.54, 1.807) is 20.3 Å². The van der Waals surface area contributed by atoms with Crippen LogP contribution in [0.3, 0.4) is 0 Å². The molecule has 0 heterocycles. The summed E-state index contributed by atoms with van der Waals surface area (Å²) in [7, 11) is 3.25. The molecular weight excluding hydrogens is 230 g/mol. The van der Waals surface area contributed by atoms with Gasteiger partial charge in [0.25, 0.3) is 5.91 Å². The molecule has 1 N–H and O–H groups in total. The van der Waals surface area contributed by atoms with E-state index in [0.717, 1.165) is 11.3 Å². The number of hydrogen-bond donors (Lipinski definition) is 1. The van der Waals surface area contributed by atoms with Crippen LogP contribution in [0.5, 0.6) is 5.75 Å². The molecule has 1 amide bonds. The minimum Gasteiger partial charge on any atom is -0.496 e. The Kier molecular flexibility index (Phi) is 5.65. The van der Waals surface area contributed by atoms with Gasteiger partial charge in [0, 0.05) is 19.2 Å². The molecule has 0 fully saturated rings. The Labute approximate surface area is 108 Å². The lowest BCUT2D eigenvalue weighted by Crippen LogP contribution is -2.27. The van der Waals surface area contributed by atoms with Gasteiger partial charge in [0.05, 0.1) is 13.7 Å². The van der Waals surface area contributed by atoms with Gasteiger partial charge in [0.15, 0.2) is 0 Å². The van der Waals surface area contributed by atoms with Crippen LogP contribution in [0.15, 0.2) is 18.2 Å². The summed E-state index contributed by atoms with van der Waals surface area (Å²) in [6, 6.07) is 5.49. The van der Waals surface area contributed by atoms with Gasteiger partial charge in [-0.05, 0) is 29.7 Å². The fourth-order valence-corrected chi connectivity index (χ4v) is 1.70. The van der Waals surface area contributed by atoms with Crippen molar-refractivity contribution in [3.05, 3.63) is 29.3 Å². The molecule has 0 aromatic heterocycles. The number of hydrogen-bond acceptors (Lipinski definition) is 3. The molecular formula is C14H21NO3. The molecule has 0 saturated carbocycles. The van der Waals surface area contributed by atoms with E-state index in [-0.39, 0.29) is 5.91 Å². The SMILES string of the molecule is COCCNC(=O)c1ccc(OC)c(C(C)C)c1. The molecule has 1 aromatic carbocycles. The number of benzene rings is 1. The number of nitrogens with one attached hydrogen (secondary N) is 1. The fraction of sp³-hybridized carbons (Fsp3) is 0.500.